The van der Waals surface area contributed by atoms with Crippen LogP contribution in [0.15, 0.2) is 24.5 Å². The van der Waals surface area contributed by atoms with E-state index in [1.54, 1.807) is 12.4 Å². The van der Waals surface area contributed by atoms with E-state index in [0.29, 0.717) is 18.4 Å². The summed E-state index contributed by atoms with van der Waals surface area (Å²) in [6.07, 6.45) is 10.0. The lowest BCUT2D eigenvalue weighted by molar-refractivity contribution is -0.140. The second-order valence-corrected chi connectivity index (χ2v) is 7.96. The topological polar surface area (TPSA) is 62.3 Å². The Kier molecular flexibility index (Phi) is 4.73. The average molecular weight is 341 g/mol. The van der Waals surface area contributed by atoms with Crippen molar-refractivity contribution in [3.8, 4) is 0 Å². The fraction of sp³-hybridized carbons (Fsp3) is 0.650. The fourth-order valence-corrected chi connectivity index (χ4v) is 4.98. The minimum absolute atomic E-state index is 0.0285. The molecule has 2 heterocycles. The number of nitrogens with zero attached hydrogens (tertiary/aromatic N) is 2. The molecule has 134 valence electrons. The molecule has 2 saturated carbocycles. The van der Waals surface area contributed by atoms with Crippen molar-refractivity contribution in [1.82, 2.24) is 15.2 Å². The Morgan fingerprint density at radius 1 is 1.16 bits per heavy atom. The van der Waals surface area contributed by atoms with E-state index >= 15 is 0 Å². The van der Waals surface area contributed by atoms with Gasteiger partial charge in [0.05, 0.1) is 0 Å². The van der Waals surface area contributed by atoms with Gasteiger partial charge >= 0.3 is 0 Å². The monoisotopic (exact) mass is 341 g/mol. The second-order valence-electron chi connectivity index (χ2n) is 7.96. The summed E-state index contributed by atoms with van der Waals surface area (Å²) in [6, 6.07) is 3.84. The molecule has 2 amide bonds. The zero-order valence-corrected chi connectivity index (χ0v) is 14.7. The lowest BCUT2D eigenvalue weighted by Crippen LogP contribution is -2.45. The maximum atomic E-state index is 12.8. The van der Waals surface area contributed by atoms with E-state index in [1.807, 2.05) is 17.0 Å². The minimum atomic E-state index is 0.0285. The van der Waals surface area contributed by atoms with E-state index in [4.69, 9.17) is 0 Å². The Hall–Kier alpha value is -1.91. The maximum absolute atomic E-state index is 12.8. The highest BCUT2D eigenvalue weighted by atomic mass is 16.2. The van der Waals surface area contributed by atoms with Crippen LogP contribution in [0.4, 0.5) is 0 Å². The number of aromatic nitrogens is 1. The van der Waals surface area contributed by atoms with Crippen LogP contribution < -0.4 is 5.32 Å². The van der Waals surface area contributed by atoms with Crippen molar-refractivity contribution < 1.29 is 9.59 Å². The Balaban J connectivity index is 1.24. The van der Waals surface area contributed by atoms with Gasteiger partial charge in [-0.1, -0.05) is 12.5 Å². The van der Waals surface area contributed by atoms with Crippen LogP contribution in [-0.4, -0.2) is 34.8 Å². The smallest absolute Gasteiger partial charge is 0.225 e. The summed E-state index contributed by atoms with van der Waals surface area (Å²) < 4.78 is 0. The Labute approximate surface area is 149 Å². The van der Waals surface area contributed by atoms with Gasteiger partial charge < -0.3 is 10.2 Å². The molecular weight excluding hydrogens is 314 g/mol. The highest BCUT2D eigenvalue weighted by Crippen LogP contribution is 2.49. The van der Waals surface area contributed by atoms with Gasteiger partial charge in [-0.3, -0.25) is 14.6 Å². The Morgan fingerprint density at radius 2 is 2.00 bits per heavy atom. The molecule has 1 aliphatic heterocycles. The van der Waals surface area contributed by atoms with E-state index < -0.39 is 0 Å². The van der Waals surface area contributed by atoms with Crippen molar-refractivity contribution in [2.45, 2.75) is 45.1 Å². The predicted molar refractivity (Wildman–Crippen MR) is 94.3 cm³/mol. The van der Waals surface area contributed by atoms with Crippen molar-refractivity contribution in [3.05, 3.63) is 30.1 Å². The normalized spacial score (nSPS) is 29.0. The number of likely N-dealkylation sites (tertiary alicyclic amines) is 1. The molecular formula is C20H27N3O2. The second kappa shape index (κ2) is 7.14. The highest BCUT2D eigenvalue weighted by molar-refractivity contribution is 5.81. The summed E-state index contributed by atoms with van der Waals surface area (Å²) in [5, 5.41) is 3.01. The number of rotatable bonds is 4. The molecule has 3 atom stereocenters. The van der Waals surface area contributed by atoms with Crippen LogP contribution in [0.25, 0.3) is 0 Å². The van der Waals surface area contributed by atoms with Crippen LogP contribution in [0.5, 0.6) is 0 Å². The molecule has 4 rings (SSSR count). The van der Waals surface area contributed by atoms with Crippen LogP contribution in [0.2, 0.25) is 0 Å². The van der Waals surface area contributed by atoms with Crippen LogP contribution in [0, 0.1) is 23.7 Å². The molecule has 25 heavy (non-hydrogen) atoms. The lowest BCUT2D eigenvalue weighted by Gasteiger charge is -2.34. The van der Waals surface area contributed by atoms with Crippen LogP contribution in [0.3, 0.4) is 0 Å². The molecule has 3 fully saturated rings. The van der Waals surface area contributed by atoms with Gasteiger partial charge in [-0.25, -0.2) is 0 Å². The number of hydrogen-bond acceptors (Lipinski definition) is 3. The third kappa shape index (κ3) is 3.55. The van der Waals surface area contributed by atoms with Gasteiger partial charge in [0.25, 0.3) is 0 Å². The SMILES string of the molecule is O=C(NCc1cccnc1)C1CCN(C(=O)[C@@H]2C[C@H]3CC[C@H]2C3)CC1. The first-order valence-electron chi connectivity index (χ1n) is 9.66. The third-order valence-electron chi connectivity index (χ3n) is 6.42. The molecule has 3 aliphatic rings. The molecule has 1 saturated heterocycles. The molecule has 2 bridgehead atoms. The first-order valence-corrected chi connectivity index (χ1v) is 9.66. The number of fused-ring (bicyclic) bond motifs is 2. The van der Waals surface area contributed by atoms with E-state index in [0.717, 1.165) is 43.8 Å². The Morgan fingerprint density at radius 3 is 2.64 bits per heavy atom. The van der Waals surface area contributed by atoms with Gasteiger partial charge in [-0.05, 0) is 55.6 Å². The number of piperidine rings is 1. The van der Waals surface area contributed by atoms with E-state index in [9.17, 15) is 9.59 Å². The van der Waals surface area contributed by atoms with Gasteiger partial charge in [0, 0.05) is 43.9 Å². The van der Waals surface area contributed by atoms with E-state index in [2.05, 4.69) is 10.3 Å². The molecule has 1 aromatic rings. The Bertz CT molecular complexity index is 625. The number of amides is 2. The zero-order chi connectivity index (χ0) is 17.2. The summed E-state index contributed by atoms with van der Waals surface area (Å²) in [5.41, 5.74) is 1.01. The van der Waals surface area contributed by atoms with Crippen molar-refractivity contribution >= 4 is 11.8 Å². The quantitative estimate of drug-likeness (QED) is 0.914. The summed E-state index contributed by atoms with van der Waals surface area (Å²) in [7, 11) is 0. The number of carbonyl (C=O) groups excluding carboxylic acids is 2. The first kappa shape index (κ1) is 16.6. The molecule has 5 heteroatoms. The molecule has 0 aromatic carbocycles. The molecule has 0 radical (unpaired) electrons. The molecule has 2 aliphatic carbocycles. The van der Waals surface area contributed by atoms with Gasteiger partial charge in [0.2, 0.25) is 11.8 Å². The lowest BCUT2D eigenvalue weighted by atomic mass is 9.86. The highest BCUT2D eigenvalue weighted by Gasteiger charge is 2.44. The third-order valence-corrected chi connectivity index (χ3v) is 6.42. The molecule has 0 unspecified atom stereocenters. The fourth-order valence-electron chi connectivity index (χ4n) is 4.98. The van der Waals surface area contributed by atoms with Crippen molar-refractivity contribution in [2.75, 3.05) is 13.1 Å². The predicted octanol–water partition coefficient (Wildman–Crippen LogP) is 2.37. The van der Waals surface area contributed by atoms with E-state index in [-0.39, 0.29) is 17.7 Å². The molecule has 5 nitrogen and oxygen atoms in total. The van der Waals surface area contributed by atoms with Gasteiger partial charge in [0.1, 0.15) is 0 Å². The van der Waals surface area contributed by atoms with E-state index in [1.165, 1.54) is 19.3 Å². The molecule has 0 spiro atoms. The largest absolute Gasteiger partial charge is 0.352 e. The summed E-state index contributed by atoms with van der Waals surface area (Å²) in [4.78, 5) is 31.3. The van der Waals surface area contributed by atoms with Gasteiger partial charge in [-0.2, -0.15) is 0 Å². The van der Waals surface area contributed by atoms with Crippen molar-refractivity contribution in [2.24, 2.45) is 23.7 Å². The standard InChI is InChI=1S/C20H27N3O2/c24-19(22-13-15-2-1-7-21-12-15)16-5-8-23(9-6-16)20(25)18-11-14-3-4-17(18)10-14/h1-2,7,12,14,16-18H,3-6,8-11,13H2,(H,22,24)/t14-,17-,18+/m0/s1. The molecule has 1 N–H and O–H groups in total. The molecule has 1 aromatic heterocycles. The van der Waals surface area contributed by atoms with Crippen molar-refractivity contribution in [3.63, 3.8) is 0 Å². The summed E-state index contributed by atoms with van der Waals surface area (Å²) >= 11 is 0. The van der Waals surface area contributed by atoms with Crippen molar-refractivity contribution in [1.29, 1.82) is 0 Å². The average Bonchev–Trinajstić information content (AvgIpc) is 3.30. The first-order chi connectivity index (χ1) is 12.2. The maximum Gasteiger partial charge on any atom is 0.225 e. The number of nitrogens with one attached hydrogen (secondary N) is 1. The van der Waals surface area contributed by atoms with Crippen LogP contribution >= 0.6 is 0 Å². The summed E-state index contributed by atoms with van der Waals surface area (Å²) in [5.74, 6) is 2.21. The van der Waals surface area contributed by atoms with Gasteiger partial charge in [-0.15, -0.1) is 0 Å². The number of pyridine rings is 1. The summed E-state index contributed by atoms with van der Waals surface area (Å²) in [6.45, 7) is 1.99. The minimum Gasteiger partial charge on any atom is -0.352 e. The van der Waals surface area contributed by atoms with Crippen LogP contribution in [-0.2, 0) is 16.1 Å². The number of carbonyl (C=O) groups is 2. The zero-order valence-electron chi connectivity index (χ0n) is 14.7. The van der Waals surface area contributed by atoms with Crippen LogP contribution in [0.1, 0.15) is 44.1 Å². The number of hydrogen-bond donors (Lipinski definition) is 1. The van der Waals surface area contributed by atoms with Gasteiger partial charge in [0.15, 0.2) is 0 Å².